The summed E-state index contributed by atoms with van der Waals surface area (Å²) in [7, 11) is 0. The molecule has 130 valence electrons. The molecule has 1 N–H and O–H groups in total. The van der Waals surface area contributed by atoms with E-state index in [-0.39, 0.29) is 5.91 Å². The van der Waals surface area contributed by atoms with Gasteiger partial charge in [-0.3, -0.25) is 9.78 Å². The maximum atomic E-state index is 12.7. The Morgan fingerprint density at radius 2 is 1.92 bits per heavy atom. The van der Waals surface area contributed by atoms with Crippen LogP contribution in [0.2, 0.25) is 0 Å². The van der Waals surface area contributed by atoms with E-state index in [0.29, 0.717) is 5.56 Å². The summed E-state index contributed by atoms with van der Waals surface area (Å²) in [5.41, 5.74) is 7.11. The van der Waals surface area contributed by atoms with Gasteiger partial charge in [-0.15, -0.1) is 0 Å². The van der Waals surface area contributed by atoms with E-state index < -0.39 is 0 Å². The van der Waals surface area contributed by atoms with Crippen LogP contribution in [0.5, 0.6) is 0 Å². The highest BCUT2D eigenvalue weighted by molar-refractivity contribution is 6.05. The van der Waals surface area contributed by atoms with Crippen molar-refractivity contribution >= 4 is 23.0 Å². The minimum atomic E-state index is -0.138. The first-order valence-electron chi connectivity index (χ1n) is 8.81. The second kappa shape index (κ2) is 6.64. The molecule has 0 radical (unpaired) electrons. The summed E-state index contributed by atoms with van der Waals surface area (Å²) in [5, 5.41) is 3.01. The lowest BCUT2D eigenvalue weighted by Gasteiger charge is -2.19. The molecule has 1 aromatic heterocycles. The number of benzene rings is 2. The first-order chi connectivity index (χ1) is 12.6. The van der Waals surface area contributed by atoms with E-state index in [9.17, 15) is 4.79 Å². The predicted molar refractivity (Wildman–Crippen MR) is 105 cm³/mol. The summed E-state index contributed by atoms with van der Waals surface area (Å²) in [4.78, 5) is 19.2. The molecule has 0 atom stereocenters. The van der Waals surface area contributed by atoms with Gasteiger partial charge in [-0.05, 0) is 55.2 Å². The molecule has 4 rings (SSSR count). The van der Waals surface area contributed by atoms with Crippen molar-refractivity contribution in [3.05, 3.63) is 83.2 Å². The monoisotopic (exact) mass is 343 g/mol. The highest BCUT2D eigenvalue weighted by atomic mass is 16.1. The molecule has 26 heavy (non-hydrogen) atoms. The zero-order chi connectivity index (χ0) is 18.1. The second-order valence-electron chi connectivity index (χ2n) is 6.66. The molecule has 0 aliphatic carbocycles. The number of rotatable bonds is 3. The molecule has 2 heterocycles. The van der Waals surface area contributed by atoms with Gasteiger partial charge in [-0.1, -0.05) is 30.3 Å². The van der Waals surface area contributed by atoms with E-state index in [1.807, 2.05) is 50.4 Å². The summed E-state index contributed by atoms with van der Waals surface area (Å²) < 4.78 is 0. The third kappa shape index (κ3) is 2.94. The van der Waals surface area contributed by atoms with E-state index in [0.717, 1.165) is 35.5 Å². The van der Waals surface area contributed by atoms with Crippen molar-refractivity contribution in [1.29, 1.82) is 0 Å². The lowest BCUT2D eigenvalue weighted by atomic mass is 10.1. The fraction of sp³-hybridized carbons (Fsp3) is 0.182. The van der Waals surface area contributed by atoms with Gasteiger partial charge in [-0.25, -0.2) is 0 Å². The number of anilines is 3. The van der Waals surface area contributed by atoms with Gasteiger partial charge in [0.2, 0.25) is 0 Å². The van der Waals surface area contributed by atoms with Gasteiger partial charge < -0.3 is 10.2 Å². The zero-order valence-corrected chi connectivity index (χ0v) is 15.0. The lowest BCUT2D eigenvalue weighted by Crippen LogP contribution is -2.17. The number of fused-ring (bicyclic) bond motifs is 1. The van der Waals surface area contributed by atoms with Crippen LogP contribution in [0.1, 0.15) is 27.0 Å². The van der Waals surface area contributed by atoms with Gasteiger partial charge in [0.1, 0.15) is 0 Å². The van der Waals surface area contributed by atoms with Crippen molar-refractivity contribution in [2.24, 2.45) is 0 Å². The Morgan fingerprint density at radius 3 is 2.81 bits per heavy atom. The molecule has 4 nitrogen and oxygen atoms in total. The number of amides is 1. The van der Waals surface area contributed by atoms with E-state index >= 15 is 0 Å². The molecule has 4 heteroatoms. The minimum Gasteiger partial charge on any atom is -0.340 e. The molecule has 1 aliphatic heterocycles. The van der Waals surface area contributed by atoms with Crippen molar-refractivity contribution < 1.29 is 4.79 Å². The van der Waals surface area contributed by atoms with Gasteiger partial charge in [0.15, 0.2) is 0 Å². The molecule has 0 unspecified atom stereocenters. The fourth-order valence-electron chi connectivity index (χ4n) is 3.39. The van der Waals surface area contributed by atoms with Crippen LogP contribution >= 0.6 is 0 Å². The Bertz CT molecular complexity index is 981. The second-order valence-corrected chi connectivity index (χ2v) is 6.66. The van der Waals surface area contributed by atoms with Gasteiger partial charge in [0.25, 0.3) is 5.91 Å². The number of aromatic nitrogens is 1. The van der Waals surface area contributed by atoms with Crippen LogP contribution in [0, 0.1) is 13.8 Å². The van der Waals surface area contributed by atoms with Crippen LogP contribution < -0.4 is 10.2 Å². The Balaban J connectivity index is 1.60. The van der Waals surface area contributed by atoms with Crippen molar-refractivity contribution in [3.8, 4) is 0 Å². The fourth-order valence-corrected chi connectivity index (χ4v) is 3.39. The number of aryl methyl sites for hydroxylation is 1. The zero-order valence-electron chi connectivity index (χ0n) is 15.0. The highest BCUT2D eigenvalue weighted by Gasteiger charge is 2.21. The number of nitrogens with zero attached hydrogens (tertiary/aromatic N) is 2. The molecule has 1 aliphatic rings. The van der Waals surface area contributed by atoms with Crippen LogP contribution in [-0.2, 0) is 6.42 Å². The molecular weight excluding hydrogens is 322 g/mol. The average Bonchev–Trinajstić information content (AvgIpc) is 3.10. The first-order valence-corrected chi connectivity index (χ1v) is 8.81. The molecule has 0 saturated carbocycles. The van der Waals surface area contributed by atoms with E-state index in [4.69, 9.17) is 0 Å². The van der Waals surface area contributed by atoms with E-state index in [2.05, 4.69) is 33.4 Å². The maximum Gasteiger partial charge on any atom is 0.257 e. The SMILES string of the molecule is Cc1cccc(NC(=O)c2cncc(N3CCc4ccccc43)c2)c1C. The summed E-state index contributed by atoms with van der Waals surface area (Å²) in [6.45, 7) is 4.96. The maximum absolute atomic E-state index is 12.7. The summed E-state index contributed by atoms with van der Waals surface area (Å²) in [6, 6.07) is 16.2. The van der Waals surface area contributed by atoms with E-state index in [1.54, 1.807) is 6.20 Å². The van der Waals surface area contributed by atoms with Gasteiger partial charge >= 0.3 is 0 Å². The van der Waals surface area contributed by atoms with Crippen molar-refractivity contribution in [2.75, 3.05) is 16.8 Å². The molecule has 0 fully saturated rings. The molecule has 0 spiro atoms. The van der Waals surface area contributed by atoms with Crippen molar-refractivity contribution in [1.82, 2.24) is 4.98 Å². The Labute approximate surface area is 153 Å². The minimum absolute atomic E-state index is 0.138. The topological polar surface area (TPSA) is 45.2 Å². The number of hydrogen-bond donors (Lipinski definition) is 1. The van der Waals surface area contributed by atoms with E-state index in [1.165, 1.54) is 11.3 Å². The number of carbonyl (C=O) groups is 1. The molecule has 2 aromatic carbocycles. The Morgan fingerprint density at radius 1 is 1.08 bits per heavy atom. The predicted octanol–water partition coefficient (Wildman–Crippen LogP) is 4.64. The van der Waals surface area contributed by atoms with Crippen LogP contribution in [0.15, 0.2) is 60.9 Å². The van der Waals surface area contributed by atoms with Gasteiger partial charge in [-0.2, -0.15) is 0 Å². The van der Waals surface area contributed by atoms with Gasteiger partial charge in [0.05, 0.1) is 17.4 Å². The summed E-state index contributed by atoms with van der Waals surface area (Å²) in [5.74, 6) is -0.138. The third-order valence-electron chi connectivity index (χ3n) is 5.04. The number of hydrogen-bond acceptors (Lipinski definition) is 3. The van der Waals surface area contributed by atoms with Crippen LogP contribution in [0.25, 0.3) is 0 Å². The van der Waals surface area contributed by atoms with Crippen molar-refractivity contribution in [2.45, 2.75) is 20.3 Å². The normalized spacial score (nSPS) is 12.8. The van der Waals surface area contributed by atoms with Crippen LogP contribution in [0.3, 0.4) is 0 Å². The Kier molecular flexibility index (Phi) is 4.17. The highest BCUT2D eigenvalue weighted by Crippen LogP contribution is 2.34. The number of pyridine rings is 1. The quantitative estimate of drug-likeness (QED) is 0.753. The Hall–Kier alpha value is -3.14. The summed E-state index contributed by atoms with van der Waals surface area (Å²) in [6.07, 6.45) is 4.44. The molecule has 0 bridgehead atoms. The smallest absolute Gasteiger partial charge is 0.257 e. The van der Waals surface area contributed by atoms with Crippen LogP contribution in [-0.4, -0.2) is 17.4 Å². The average molecular weight is 343 g/mol. The largest absolute Gasteiger partial charge is 0.340 e. The number of carbonyl (C=O) groups excluding carboxylic acids is 1. The molecule has 1 amide bonds. The van der Waals surface area contributed by atoms with Gasteiger partial charge in [0, 0.05) is 24.1 Å². The molecule has 0 saturated heterocycles. The standard InChI is InChI=1S/C22H21N3O/c1-15-6-5-8-20(16(15)2)24-22(26)18-12-19(14-23-13-18)25-11-10-17-7-3-4-9-21(17)25/h3-9,12-14H,10-11H2,1-2H3,(H,24,26). The lowest BCUT2D eigenvalue weighted by molar-refractivity contribution is 0.102. The first kappa shape index (κ1) is 16.3. The number of nitrogens with one attached hydrogen (secondary N) is 1. The summed E-state index contributed by atoms with van der Waals surface area (Å²) >= 11 is 0. The van der Waals surface area contributed by atoms with Crippen LogP contribution in [0.4, 0.5) is 17.1 Å². The molecule has 3 aromatic rings. The number of para-hydroxylation sites is 1. The van der Waals surface area contributed by atoms with Crippen molar-refractivity contribution in [3.63, 3.8) is 0 Å². The molecular formula is C22H21N3O. The third-order valence-corrected chi connectivity index (χ3v) is 5.04.